The maximum Gasteiger partial charge on any atom is 0.214 e. The van der Waals surface area contributed by atoms with E-state index in [9.17, 15) is 8.42 Å². The zero-order chi connectivity index (χ0) is 11.2. The van der Waals surface area contributed by atoms with Crippen molar-refractivity contribution in [3.05, 3.63) is 0 Å². The van der Waals surface area contributed by atoms with Gasteiger partial charge in [-0.15, -0.1) is 0 Å². The summed E-state index contributed by atoms with van der Waals surface area (Å²) in [7, 11) is -3.24. The average Bonchev–Trinajstić information content (AvgIpc) is 2.02. The van der Waals surface area contributed by atoms with E-state index in [4.69, 9.17) is 10.5 Å². The van der Waals surface area contributed by atoms with Crippen LogP contribution in [0.1, 0.15) is 20.8 Å². The summed E-state index contributed by atoms with van der Waals surface area (Å²) in [6.45, 7) is 5.96. The molecule has 0 aliphatic heterocycles. The summed E-state index contributed by atoms with van der Waals surface area (Å²) in [5.74, 6) is -0.0183. The number of nitrogens with one attached hydrogen (secondary N) is 1. The first-order valence-electron chi connectivity index (χ1n) is 4.69. The van der Waals surface area contributed by atoms with Gasteiger partial charge in [0.1, 0.15) is 0 Å². The number of nitrogens with two attached hydrogens (primary N) is 1. The highest BCUT2D eigenvalue weighted by Gasteiger charge is 2.13. The number of sulfonamides is 1. The molecule has 0 fully saturated rings. The van der Waals surface area contributed by atoms with Crippen LogP contribution in [0.25, 0.3) is 0 Å². The van der Waals surface area contributed by atoms with Crippen molar-refractivity contribution in [3.63, 3.8) is 0 Å². The van der Waals surface area contributed by atoms with Gasteiger partial charge in [0.2, 0.25) is 10.0 Å². The summed E-state index contributed by atoms with van der Waals surface area (Å²) in [6, 6.07) is -0.223. The summed E-state index contributed by atoms with van der Waals surface area (Å²) in [4.78, 5) is 0. The van der Waals surface area contributed by atoms with Gasteiger partial charge in [-0.3, -0.25) is 0 Å². The van der Waals surface area contributed by atoms with Gasteiger partial charge in [-0.05, 0) is 20.8 Å². The van der Waals surface area contributed by atoms with E-state index < -0.39 is 10.0 Å². The molecule has 0 aromatic heterocycles. The van der Waals surface area contributed by atoms with Crippen molar-refractivity contribution < 1.29 is 13.2 Å². The van der Waals surface area contributed by atoms with Crippen LogP contribution in [0.3, 0.4) is 0 Å². The molecule has 86 valence electrons. The Labute approximate surface area is 86.1 Å². The van der Waals surface area contributed by atoms with Gasteiger partial charge in [0.25, 0.3) is 0 Å². The van der Waals surface area contributed by atoms with Crippen LogP contribution in [0, 0.1) is 0 Å². The molecule has 0 aliphatic rings. The van der Waals surface area contributed by atoms with E-state index >= 15 is 0 Å². The third kappa shape index (κ3) is 7.25. The Hall–Kier alpha value is -0.170. The molecule has 0 aromatic rings. The van der Waals surface area contributed by atoms with Crippen molar-refractivity contribution in [2.75, 3.05) is 18.9 Å². The predicted molar refractivity (Wildman–Crippen MR) is 56.5 cm³/mol. The molecule has 1 unspecified atom stereocenters. The molecule has 0 heterocycles. The molecule has 0 aliphatic carbocycles. The van der Waals surface area contributed by atoms with Crippen LogP contribution in [0.15, 0.2) is 0 Å². The van der Waals surface area contributed by atoms with Gasteiger partial charge in [-0.1, -0.05) is 0 Å². The molecular formula is C8H20N2O3S. The van der Waals surface area contributed by atoms with Crippen LogP contribution in [0.2, 0.25) is 0 Å². The van der Waals surface area contributed by atoms with E-state index in [2.05, 4.69) is 4.72 Å². The highest BCUT2D eigenvalue weighted by atomic mass is 32.2. The van der Waals surface area contributed by atoms with Crippen LogP contribution in [-0.2, 0) is 14.8 Å². The minimum Gasteiger partial charge on any atom is -0.378 e. The van der Waals surface area contributed by atoms with Gasteiger partial charge < -0.3 is 10.5 Å². The average molecular weight is 224 g/mol. The predicted octanol–water partition coefficient (Wildman–Crippen LogP) is -0.322. The fourth-order valence-electron chi connectivity index (χ4n) is 0.807. The first kappa shape index (κ1) is 13.8. The van der Waals surface area contributed by atoms with Crippen LogP contribution in [-0.4, -0.2) is 39.5 Å². The van der Waals surface area contributed by atoms with Gasteiger partial charge in [-0.25, -0.2) is 13.1 Å². The molecule has 0 amide bonds. The van der Waals surface area contributed by atoms with E-state index in [0.717, 1.165) is 0 Å². The van der Waals surface area contributed by atoms with Crippen molar-refractivity contribution in [3.8, 4) is 0 Å². The normalized spacial score (nSPS) is 14.6. The van der Waals surface area contributed by atoms with Gasteiger partial charge in [0.05, 0.1) is 18.5 Å². The molecule has 5 nitrogen and oxygen atoms in total. The first-order chi connectivity index (χ1) is 6.37. The maximum atomic E-state index is 11.3. The molecule has 0 rings (SSSR count). The molecule has 0 bridgehead atoms. The number of hydrogen-bond acceptors (Lipinski definition) is 4. The highest BCUT2D eigenvalue weighted by molar-refractivity contribution is 7.89. The molecule has 3 N–H and O–H groups in total. The topological polar surface area (TPSA) is 81.4 Å². The van der Waals surface area contributed by atoms with E-state index in [1.54, 1.807) is 6.92 Å². The second-order valence-electron chi connectivity index (χ2n) is 3.49. The fourth-order valence-corrected chi connectivity index (χ4v) is 1.95. The summed E-state index contributed by atoms with van der Waals surface area (Å²) >= 11 is 0. The molecule has 0 saturated heterocycles. The Morgan fingerprint density at radius 3 is 2.36 bits per heavy atom. The summed E-state index contributed by atoms with van der Waals surface area (Å²) in [5.41, 5.74) is 5.30. The monoisotopic (exact) mass is 224 g/mol. The van der Waals surface area contributed by atoms with Gasteiger partial charge in [0.15, 0.2) is 0 Å². The van der Waals surface area contributed by atoms with Crippen molar-refractivity contribution in [2.24, 2.45) is 5.73 Å². The lowest BCUT2D eigenvalue weighted by molar-refractivity contribution is 0.0911. The highest BCUT2D eigenvalue weighted by Crippen LogP contribution is 1.92. The summed E-state index contributed by atoms with van der Waals surface area (Å²) in [6.07, 6.45) is 0.0529. The molecule has 1 atom stereocenters. The SMILES string of the molecule is CC(CN)NS(=O)(=O)CCOC(C)C. The Morgan fingerprint density at radius 1 is 1.36 bits per heavy atom. The summed E-state index contributed by atoms with van der Waals surface area (Å²) < 4.78 is 30.3. The summed E-state index contributed by atoms with van der Waals surface area (Å²) in [5, 5.41) is 0. The molecule has 0 saturated carbocycles. The Morgan fingerprint density at radius 2 is 1.93 bits per heavy atom. The van der Waals surface area contributed by atoms with Crippen LogP contribution in [0.4, 0.5) is 0 Å². The van der Waals surface area contributed by atoms with E-state index in [1.807, 2.05) is 13.8 Å². The van der Waals surface area contributed by atoms with E-state index in [1.165, 1.54) is 0 Å². The lowest BCUT2D eigenvalue weighted by atomic mass is 10.4. The maximum absolute atomic E-state index is 11.3. The second-order valence-corrected chi connectivity index (χ2v) is 5.37. The molecule has 6 heteroatoms. The van der Waals surface area contributed by atoms with Gasteiger partial charge in [-0.2, -0.15) is 0 Å². The number of rotatable bonds is 7. The molecule has 0 radical (unpaired) electrons. The van der Waals surface area contributed by atoms with Crippen LogP contribution >= 0.6 is 0 Å². The molecule has 0 aromatic carbocycles. The van der Waals surface area contributed by atoms with Crippen molar-refractivity contribution in [1.29, 1.82) is 0 Å². The Balaban J connectivity index is 3.84. The minimum absolute atomic E-state index is 0.0183. The zero-order valence-electron chi connectivity index (χ0n) is 8.99. The zero-order valence-corrected chi connectivity index (χ0v) is 9.80. The molecular weight excluding hydrogens is 204 g/mol. The third-order valence-corrected chi connectivity index (χ3v) is 3.00. The van der Waals surface area contributed by atoms with Gasteiger partial charge >= 0.3 is 0 Å². The molecule has 14 heavy (non-hydrogen) atoms. The van der Waals surface area contributed by atoms with Crippen LogP contribution in [0.5, 0.6) is 0 Å². The van der Waals surface area contributed by atoms with Crippen molar-refractivity contribution >= 4 is 10.0 Å². The van der Waals surface area contributed by atoms with Gasteiger partial charge in [0, 0.05) is 12.6 Å². The third-order valence-electron chi connectivity index (χ3n) is 1.54. The van der Waals surface area contributed by atoms with Crippen molar-refractivity contribution in [2.45, 2.75) is 32.9 Å². The number of ether oxygens (including phenoxy) is 1. The van der Waals surface area contributed by atoms with Crippen LogP contribution < -0.4 is 10.5 Å². The van der Waals surface area contributed by atoms with E-state index in [-0.39, 0.29) is 24.5 Å². The lowest BCUT2D eigenvalue weighted by Crippen LogP contribution is -2.39. The Kier molecular flexibility index (Phi) is 6.26. The largest absolute Gasteiger partial charge is 0.378 e. The van der Waals surface area contributed by atoms with E-state index in [0.29, 0.717) is 6.54 Å². The molecule has 0 spiro atoms. The lowest BCUT2D eigenvalue weighted by Gasteiger charge is -2.12. The standard InChI is InChI=1S/C8H20N2O3S/c1-7(2)13-4-5-14(11,12)10-8(3)6-9/h7-8,10H,4-6,9H2,1-3H3. The quantitative estimate of drug-likeness (QED) is 0.621. The van der Waals surface area contributed by atoms with Crippen molar-refractivity contribution in [1.82, 2.24) is 4.72 Å². The minimum atomic E-state index is -3.24. The smallest absolute Gasteiger partial charge is 0.214 e. The number of hydrogen-bond donors (Lipinski definition) is 2. The second kappa shape index (κ2) is 6.34. The first-order valence-corrected chi connectivity index (χ1v) is 6.34. The Bertz CT molecular complexity index is 239. The fraction of sp³-hybridized carbons (Fsp3) is 1.00.